The quantitative estimate of drug-likeness (QED) is 0.357. The number of ketones is 1. The zero-order chi connectivity index (χ0) is 23.7. The highest BCUT2D eigenvalue weighted by Gasteiger charge is 2.51. The molecule has 1 aliphatic rings. The van der Waals surface area contributed by atoms with Gasteiger partial charge in [0.2, 0.25) is 5.78 Å². The molecule has 4 aromatic carbocycles. The predicted molar refractivity (Wildman–Crippen MR) is 142 cm³/mol. The SMILES string of the molecule is Cc1ccc(NC2(C)C(=O)C(c3ccccc3)=C(c3ccccc3)N2c2ccc(C)cc2)cc1. The Morgan fingerprint density at radius 1 is 0.647 bits per heavy atom. The maximum Gasteiger partial charge on any atom is 0.211 e. The van der Waals surface area contributed by atoms with Crippen LogP contribution in [0.4, 0.5) is 11.4 Å². The Morgan fingerprint density at radius 2 is 1.15 bits per heavy atom. The molecule has 0 amide bonds. The average molecular weight is 445 g/mol. The summed E-state index contributed by atoms with van der Waals surface area (Å²) in [6.07, 6.45) is 0. The lowest BCUT2D eigenvalue weighted by atomic mass is 9.95. The van der Waals surface area contributed by atoms with Crippen molar-refractivity contribution in [1.82, 2.24) is 0 Å². The lowest BCUT2D eigenvalue weighted by molar-refractivity contribution is -0.116. The second-order valence-corrected chi connectivity index (χ2v) is 9.02. The molecule has 1 heterocycles. The van der Waals surface area contributed by atoms with Gasteiger partial charge < -0.3 is 10.2 Å². The van der Waals surface area contributed by atoms with Crippen LogP contribution < -0.4 is 10.2 Å². The first-order valence-corrected chi connectivity index (χ1v) is 11.6. The molecule has 3 heteroatoms. The summed E-state index contributed by atoms with van der Waals surface area (Å²) in [4.78, 5) is 16.5. The van der Waals surface area contributed by atoms with Gasteiger partial charge >= 0.3 is 0 Å². The summed E-state index contributed by atoms with van der Waals surface area (Å²) in [7, 11) is 0. The Kier molecular flexibility index (Phi) is 5.54. The number of carbonyl (C=O) groups excluding carboxylic acids is 1. The van der Waals surface area contributed by atoms with E-state index in [4.69, 9.17) is 0 Å². The van der Waals surface area contributed by atoms with E-state index in [-0.39, 0.29) is 5.78 Å². The molecule has 1 atom stereocenters. The maximum atomic E-state index is 14.4. The van der Waals surface area contributed by atoms with E-state index in [1.807, 2.05) is 67.6 Å². The fourth-order valence-corrected chi connectivity index (χ4v) is 4.64. The summed E-state index contributed by atoms with van der Waals surface area (Å²) in [5.41, 5.74) is 6.75. The van der Waals surface area contributed by atoms with Crippen LogP contribution in [0.15, 0.2) is 109 Å². The van der Waals surface area contributed by atoms with Gasteiger partial charge in [0.15, 0.2) is 5.66 Å². The number of nitrogens with zero attached hydrogens (tertiary/aromatic N) is 1. The van der Waals surface area contributed by atoms with Gasteiger partial charge in [-0.15, -0.1) is 0 Å². The molecule has 1 unspecified atom stereocenters. The summed E-state index contributed by atoms with van der Waals surface area (Å²) in [5.74, 6) is 0.0405. The number of carbonyl (C=O) groups is 1. The van der Waals surface area contributed by atoms with E-state index in [1.165, 1.54) is 11.1 Å². The van der Waals surface area contributed by atoms with Gasteiger partial charge in [0.05, 0.1) is 11.3 Å². The van der Waals surface area contributed by atoms with Gasteiger partial charge in [-0.25, -0.2) is 0 Å². The minimum absolute atomic E-state index is 0.0405. The Hall–Kier alpha value is -4.11. The highest BCUT2D eigenvalue weighted by Crippen LogP contribution is 2.47. The topological polar surface area (TPSA) is 32.3 Å². The first kappa shape index (κ1) is 21.7. The maximum absolute atomic E-state index is 14.4. The smallest absolute Gasteiger partial charge is 0.211 e. The Labute approximate surface area is 201 Å². The van der Waals surface area contributed by atoms with Crippen LogP contribution in [0.25, 0.3) is 11.3 Å². The lowest BCUT2D eigenvalue weighted by Gasteiger charge is -2.39. The summed E-state index contributed by atoms with van der Waals surface area (Å²) in [6.45, 7) is 6.12. The Bertz CT molecular complexity index is 1340. The van der Waals surface area contributed by atoms with Crippen molar-refractivity contribution in [1.29, 1.82) is 0 Å². The van der Waals surface area contributed by atoms with Crippen LogP contribution in [0.3, 0.4) is 0 Å². The molecule has 3 nitrogen and oxygen atoms in total. The summed E-state index contributed by atoms with van der Waals surface area (Å²) < 4.78 is 0. The second kappa shape index (κ2) is 8.68. The molecule has 1 N–H and O–H groups in total. The molecule has 5 rings (SSSR count). The molecule has 0 bridgehead atoms. The van der Waals surface area contributed by atoms with Gasteiger partial charge in [0.1, 0.15) is 0 Å². The van der Waals surface area contributed by atoms with Crippen LogP contribution in [0.1, 0.15) is 29.2 Å². The third-order valence-electron chi connectivity index (χ3n) is 6.42. The first-order valence-electron chi connectivity index (χ1n) is 11.6. The fraction of sp³-hybridized carbons (Fsp3) is 0.129. The molecular formula is C31H28N2O. The first-order chi connectivity index (χ1) is 16.5. The van der Waals surface area contributed by atoms with E-state index < -0.39 is 5.66 Å². The van der Waals surface area contributed by atoms with E-state index in [1.54, 1.807) is 0 Å². The van der Waals surface area contributed by atoms with Crippen molar-refractivity contribution in [3.8, 4) is 0 Å². The third-order valence-corrected chi connectivity index (χ3v) is 6.42. The Morgan fingerprint density at radius 3 is 1.71 bits per heavy atom. The average Bonchev–Trinajstić information content (AvgIpc) is 3.09. The van der Waals surface area contributed by atoms with E-state index in [0.717, 1.165) is 33.8 Å². The molecule has 0 saturated heterocycles. The molecule has 168 valence electrons. The number of anilines is 2. The molecule has 0 radical (unpaired) electrons. The van der Waals surface area contributed by atoms with Crippen molar-refractivity contribution in [3.05, 3.63) is 131 Å². The number of aryl methyl sites for hydroxylation is 2. The molecule has 0 aliphatic carbocycles. The number of hydrogen-bond acceptors (Lipinski definition) is 3. The van der Waals surface area contributed by atoms with Crippen molar-refractivity contribution >= 4 is 28.4 Å². The van der Waals surface area contributed by atoms with Gasteiger partial charge in [0, 0.05) is 11.4 Å². The van der Waals surface area contributed by atoms with Crippen LogP contribution in [0, 0.1) is 13.8 Å². The van der Waals surface area contributed by atoms with Crippen LogP contribution in [-0.4, -0.2) is 11.4 Å². The molecule has 4 aromatic rings. The van der Waals surface area contributed by atoms with Crippen molar-refractivity contribution in [2.75, 3.05) is 10.2 Å². The van der Waals surface area contributed by atoms with Crippen LogP contribution in [0.5, 0.6) is 0 Å². The molecule has 0 spiro atoms. The van der Waals surface area contributed by atoms with E-state index in [0.29, 0.717) is 0 Å². The predicted octanol–water partition coefficient (Wildman–Crippen LogP) is 7.09. The van der Waals surface area contributed by atoms with Crippen LogP contribution in [-0.2, 0) is 4.79 Å². The molecule has 1 aliphatic heterocycles. The second-order valence-electron chi connectivity index (χ2n) is 9.02. The lowest BCUT2D eigenvalue weighted by Crippen LogP contribution is -2.53. The zero-order valence-corrected chi connectivity index (χ0v) is 19.7. The fourth-order valence-electron chi connectivity index (χ4n) is 4.64. The molecular weight excluding hydrogens is 416 g/mol. The molecule has 0 saturated carbocycles. The normalized spacial score (nSPS) is 17.9. The number of Topliss-reactive ketones (excluding diaryl/α,β-unsaturated/α-hetero) is 1. The van der Waals surface area contributed by atoms with Crippen molar-refractivity contribution in [2.24, 2.45) is 0 Å². The van der Waals surface area contributed by atoms with Gasteiger partial charge in [-0.05, 0) is 56.2 Å². The largest absolute Gasteiger partial charge is 0.356 e. The van der Waals surface area contributed by atoms with Gasteiger partial charge in [-0.3, -0.25) is 4.79 Å². The third kappa shape index (κ3) is 3.80. The van der Waals surface area contributed by atoms with E-state index in [2.05, 4.69) is 72.6 Å². The summed E-state index contributed by atoms with van der Waals surface area (Å²) in [5, 5.41) is 3.59. The molecule has 0 fully saturated rings. The van der Waals surface area contributed by atoms with Crippen molar-refractivity contribution < 1.29 is 4.79 Å². The number of benzene rings is 4. The number of nitrogens with one attached hydrogen (secondary N) is 1. The van der Waals surface area contributed by atoms with Crippen LogP contribution >= 0.6 is 0 Å². The molecule has 34 heavy (non-hydrogen) atoms. The van der Waals surface area contributed by atoms with E-state index >= 15 is 0 Å². The monoisotopic (exact) mass is 444 g/mol. The molecule has 0 aromatic heterocycles. The highest BCUT2D eigenvalue weighted by atomic mass is 16.1. The zero-order valence-electron chi connectivity index (χ0n) is 19.7. The van der Waals surface area contributed by atoms with Crippen molar-refractivity contribution in [2.45, 2.75) is 26.4 Å². The number of hydrogen-bond donors (Lipinski definition) is 1. The summed E-state index contributed by atoms with van der Waals surface area (Å²) in [6, 6.07) is 36.7. The van der Waals surface area contributed by atoms with Crippen molar-refractivity contribution in [3.63, 3.8) is 0 Å². The van der Waals surface area contributed by atoms with Crippen LogP contribution in [0.2, 0.25) is 0 Å². The standard InChI is InChI=1S/C31H28N2O/c1-22-14-18-26(19-15-22)32-31(3)30(34)28(24-10-6-4-7-11-24)29(25-12-8-5-9-13-25)33(31)27-20-16-23(2)17-21-27/h4-21,32H,1-3H3. The minimum atomic E-state index is -1.01. The van der Waals surface area contributed by atoms with Gasteiger partial charge in [-0.2, -0.15) is 0 Å². The minimum Gasteiger partial charge on any atom is -0.356 e. The summed E-state index contributed by atoms with van der Waals surface area (Å²) >= 11 is 0. The van der Waals surface area contributed by atoms with E-state index in [9.17, 15) is 4.79 Å². The Balaban J connectivity index is 1.76. The highest BCUT2D eigenvalue weighted by molar-refractivity contribution is 6.38. The number of rotatable bonds is 5. The van der Waals surface area contributed by atoms with Gasteiger partial charge in [0.25, 0.3) is 0 Å². The van der Waals surface area contributed by atoms with Gasteiger partial charge in [-0.1, -0.05) is 96.1 Å².